The van der Waals surface area contributed by atoms with Crippen LogP contribution in [0, 0.1) is 0 Å². The van der Waals surface area contributed by atoms with Crippen LogP contribution >= 0.6 is 0 Å². The van der Waals surface area contributed by atoms with E-state index in [1.165, 1.54) is 6.42 Å². The fraction of sp³-hybridized carbons (Fsp3) is 0.529. The van der Waals surface area contributed by atoms with Crippen molar-refractivity contribution >= 4 is 11.8 Å². The number of ether oxygens (including phenoxy) is 1. The topological polar surface area (TPSA) is 58.6 Å². The number of nitrogens with zero attached hydrogens (tertiary/aromatic N) is 1. The Morgan fingerprint density at radius 1 is 1.23 bits per heavy atom. The fourth-order valence-electron chi connectivity index (χ4n) is 2.89. The Morgan fingerprint density at radius 3 is 2.59 bits per heavy atom. The first-order chi connectivity index (χ1) is 10.6. The van der Waals surface area contributed by atoms with Crippen LogP contribution in [0.25, 0.3) is 0 Å². The minimum Gasteiger partial charge on any atom is -0.496 e. The normalized spacial score (nSPS) is 15.2. The Morgan fingerprint density at radius 2 is 1.91 bits per heavy atom. The lowest BCUT2D eigenvalue weighted by atomic mass is 9.94. The molecule has 5 nitrogen and oxygen atoms in total. The van der Waals surface area contributed by atoms with Crippen LogP contribution in [0.15, 0.2) is 24.3 Å². The molecular formula is C17H24N2O3. The van der Waals surface area contributed by atoms with Crippen molar-refractivity contribution in [3.63, 3.8) is 0 Å². The van der Waals surface area contributed by atoms with Gasteiger partial charge in [0.1, 0.15) is 5.75 Å². The lowest BCUT2D eigenvalue weighted by Crippen LogP contribution is -2.46. The monoisotopic (exact) mass is 304 g/mol. The average Bonchev–Trinajstić information content (AvgIpc) is 2.59. The highest BCUT2D eigenvalue weighted by atomic mass is 16.5. The van der Waals surface area contributed by atoms with Crippen LogP contribution in [-0.4, -0.2) is 36.9 Å². The molecule has 0 heterocycles. The van der Waals surface area contributed by atoms with Gasteiger partial charge in [-0.3, -0.25) is 9.59 Å². The zero-order chi connectivity index (χ0) is 15.9. The maximum absolute atomic E-state index is 12.2. The first-order valence-electron chi connectivity index (χ1n) is 7.80. The first-order valence-corrected chi connectivity index (χ1v) is 7.80. The molecule has 2 amide bonds. The van der Waals surface area contributed by atoms with Crippen LogP contribution < -0.4 is 10.1 Å². The van der Waals surface area contributed by atoms with Gasteiger partial charge in [-0.15, -0.1) is 0 Å². The summed E-state index contributed by atoms with van der Waals surface area (Å²) in [5.41, 5.74) is 0.853. The van der Waals surface area contributed by atoms with Crippen molar-refractivity contribution in [2.75, 3.05) is 14.2 Å². The van der Waals surface area contributed by atoms with Crippen molar-refractivity contribution in [3.05, 3.63) is 29.8 Å². The lowest BCUT2D eigenvalue weighted by Gasteiger charge is -2.30. The summed E-state index contributed by atoms with van der Waals surface area (Å²) in [4.78, 5) is 25.9. The predicted octanol–water partition coefficient (Wildman–Crippen LogP) is 2.10. The maximum atomic E-state index is 12.2. The summed E-state index contributed by atoms with van der Waals surface area (Å²) in [5, 5.41) is 2.68. The summed E-state index contributed by atoms with van der Waals surface area (Å²) >= 11 is 0. The second-order valence-corrected chi connectivity index (χ2v) is 5.70. The second kappa shape index (κ2) is 7.82. The smallest absolute Gasteiger partial charge is 0.311 e. The Labute approximate surface area is 131 Å². The SMILES string of the molecule is COc1ccccc1CNC(=O)C(=O)N(C)C1CCCCC1. The average molecular weight is 304 g/mol. The molecule has 1 aliphatic rings. The molecule has 1 aromatic carbocycles. The Bertz CT molecular complexity index is 524. The molecule has 0 radical (unpaired) electrons. The first kappa shape index (κ1) is 16.3. The summed E-state index contributed by atoms with van der Waals surface area (Å²) in [6.45, 7) is 0.285. The zero-order valence-corrected chi connectivity index (χ0v) is 13.3. The van der Waals surface area contributed by atoms with E-state index in [0.29, 0.717) is 5.75 Å². The van der Waals surface area contributed by atoms with Gasteiger partial charge in [0.05, 0.1) is 7.11 Å². The van der Waals surface area contributed by atoms with Crippen LogP contribution in [0.1, 0.15) is 37.7 Å². The van der Waals surface area contributed by atoms with Crippen LogP contribution in [0.5, 0.6) is 5.75 Å². The number of carbonyl (C=O) groups is 2. The van der Waals surface area contributed by atoms with Gasteiger partial charge in [-0.1, -0.05) is 37.5 Å². The third-order valence-corrected chi connectivity index (χ3v) is 4.27. The molecule has 0 spiro atoms. The highest BCUT2D eigenvalue weighted by Crippen LogP contribution is 2.21. The number of hydrogen-bond donors (Lipinski definition) is 1. The van der Waals surface area contributed by atoms with Gasteiger partial charge in [-0.2, -0.15) is 0 Å². The van der Waals surface area contributed by atoms with E-state index in [-0.39, 0.29) is 12.6 Å². The van der Waals surface area contributed by atoms with E-state index < -0.39 is 11.8 Å². The predicted molar refractivity (Wildman–Crippen MR) is 84.5 cm³/mol. The minimum absolute atomic E-state index is 0.193. The van der Waals surface area contributed by atoms with Gasteiger partial charge in [-0.05, 0) is 18.9 Å². The van der Waals surface area contributed by atoms with Crippen molar-refractivity contribution in [1.82, 2.24) is 10.2 Å². The summed E-state index contributed by atoms with van der Waals surface area (Å²) in [7, 11) is 3.31. The van der Waals surface area contributed by atoms with Crippen molar-refractivity contribution in [2.24, 2.45) is 0 Å². The van der Waals surface area contributed by atoms with E-state index in [4.69, 9.17) is 4.74 Å². The van der Waals surface area contributed by atoms with E-state index >= 15 is 0 Å². The molecule has 1 saturated carbocycles. The molecule has 1 fully saturated rings. The number of nitrogens with one attached hydrogen (secondary N) is 1. The van der Waals surface area contributed by atoms with E-state index in [2.05, 4.69) is 5.32 Å². The molecule has 2 rings (SSSR count). The highest BCUT2D eigenvalue weighted by Gasteiger charge is 2.26. The van der Waals surface area contributed by atoms with Gasteiger partial charge in [-0.25, -0.2) is 0 Å². The Hall–Kier alpha value is -2.04. The van der Waals surface area contributed by atoms with E-state index in [1.54, 1.807) is 19.1 Å². The molecule has 1 aliphatic carbocycles. The minimum atomic E-state index is -0.557. The molecule has 120 valence electrons. The van der Waals surface area contributed by atoms with E-state index in [0.717, 1.165) is 31.2 Å². The molecule has 1 aromatic rings. The number of para-hydroxylation sites is 1. The van der Waals surface area contributed by atoms with Crippen LogP contribution in [0.3, 0.4) is 0 Å². The number of amides is 2. The standard InChI is InChI=1S/C17H24N2O3/c1-19(14-9-4-3-5-10-14)17(21)16(20)18-12-13-8-6-7-11-15(13)22-2/h6-8,11,14H,3-5,9-10,12H2,1-2H3,(H,18,20). The van der Waals surface area contributed by atoms with Gasteiger partial charge in [0.15, 0.2) is 0 Å². The molecule has 0 aromatic heterocycles. The fourth-order valence-corrected chi connectivity index (χ4v) is 2.89. The van der Waals surface area contributed by atoms with Crippen molar-refractivity contribution in [3.8, 4) is 5.75 Å². The van der Waals surface area contributed by atoms with Crippen molar-refractivity contribution in [1.29, 1.82) is 0 Å². The number of methoxy groups -OCH3 is 1. The van der Waals surface area contributed by atoms with Crippen LogP contribution in [0.2, 0.25) is 0 Å². The van der Waals surface area contributed by atoms with Gasteiger partial charge in [0, 0.05) is 25.2 Å². The van der Waals surface area contributed by atoms with Gasteiger partial charge >= 0.3 is 11.8 Å². The quantitative estimate of drug-likeness (QED) is 0.867. The second-order valence-electron chi connectivity index (χ2n) is 5.70. The van der Waals surface area contributed by atoms with Crippen LogP contribution in [-0.2, 0) is 16.1 Å². The number of hydrogen-bond acceptors (Lipinski definition) is 3. The molecule has 5 heteroatoms. The van der Waals surface area contributed by atoms with Crippen molar-refractivity contribution < 1.29 is 14.3 Å². The van der Waals surface area contributed by atoms with Gasteiger partial charge < -0.3 is 15.0 Å². The molecular weight excluding hydrogens is 280 g/mol. The zero-order valence-electron chi connectivity index (χ0n) is 13.3. The van der Waals surface area contributed by atoms with Gasteiger partial charge in [0.2, 0.25) is 0 Å². The Balaban J connectivity index is 1.89. The number of rotatable bonds is 4. The highest BCUT2D eigenvalue weighted by molar-refractivity contribution is 6.34. The number of benzene rings is 1. The molecule has 0 atom stereocenters. The lowest BCUT2D eigenvalue weighted by molar-refractivity contribution is -0.146. The molecule has 0 aliphatic heterocycles. The third kappa shape index (κ3) is 4.00. The number of carbonyl (C=O) groups excluding carboxylic acids is 2. The number of likely N-dealkylation sites (N-methyl/N-ethyl adjacent to an activating group) is 1. The summed E-state index contributed by atoms with van der Waals surface area (Å²) < 4.78 is 5.23. The molecule has 22 heavy (non-hydrogen) atoms. The summed E-state index contributed by atoms with van der Waals surface area (Å²) in [5.74, 6) is -0.309. The third-order valence-electron chi connectivity index (χ3n) is 4.27. The summed E-state index contributed by atoms with van der Waals surface area (Å²) in [6, 6.07) is 7.64. The van der Waals surface area contributed by atoms with E-state index in [9.17, 15) is 9.59 Å². The molecule has 0 saturated heterocycles. The Kier molecular flexibility index (Phi) is 5.81. The summed E-state index contributed by atoms with van der Waals surface area (Å²) in [6.07, 6.45) is 5.46. The molecule has 0 bridgehead atoms. The van der Waals surface area contributed by atoms with Crippen LogP contribution in [0.4, 0.5) is 0 Å². The molecule has 1 N–H and O–H groups in total. The largest absolute Gasteiger partial charge is 0.496 e. The maximum Gasteiger partial charge on any atom is 0.311 e. The van der Waals surface area contributed by atoms with Gasteiger partial charge in [0.25, 0.3) is 0 Å². The molecule has 0 unspecified atom stereocenters. The van der Waals surface area contributed by atoms with E-state index in [1.807, 2.05) is 24.3 Å². The van der Waals surface area contributed by atoms with Crippen molar-refractivity contribution in [2.45, 2.75) is 44.7 Å².